The van der Waals surface area contributed by atoms with Crippen LogP contribution in [-0.4, -0.2) is 76.0 Å². The minimum Gasteiger partial charge on any atom is -0.393 e. The minimum absolute atomic E-state index is 0.0385. The van der Waals surface area contributed by atoms with E-state index in [1.165, 1.54) is 0 Å². The number of hydrogen-bond donors (Lipinski definition) is 3. The quantitative estimate of drug-likeness (QED) is 0.558. The molecule has 1 saturated carbocycles. The van der Waals surface area contributed by atoms with Gasteiger partial charge in [0.05, 0.1) is 29.2 Å². The summed E-state index contributed by atoms with van der Waals surface area (Å²) >= 11 is 0. The maximum Gasteiger partial charge on any atom is 0.324 e. The first-order valence-corrected chi connectivity index (χ1v) is 11.6. The number of hydrogen-bond acceptors (Lipinski definition) is 7. The van der Waals surface area contributed by atoms with Gasteiger partial charge in [0.25, 0.3) is 0 Å². The zero-order valence-corrected chi connectivity index (χ0v) is 19.2. The Hall–Kier alpha value is -3.01. The van der Waals surface area contributed by atoms with Gasteiger partial charge in [-0.15, -0.1) is 0 Å². The van der Waals surface area contributed by atoms with Crippen LogP contribution in [-0.2, 0) is 0 Å². The van der Waals surface area contributed by atoms with Crippen LogP contribution in [0.15, 0.2) is 24.5 Å². The van der Waals surface area contributed by atoms with Gasteiger partial charge in [-0.25, -0.2) is 14.2 Å². The van der Waals surface area contributed by atoms with E-state index < -0.39 is 6.17 Å². The molecule has 4 rings (SSSR count). The Balaban J connectivity index is 1.57. The van der Waals surface area contributed by atoms with E-state index in [9.17, 15) is 14.3 Å². The molecular weight excluding hydrogens is 425 g/mol. The number of aromatic nitrogens is 3. The number of carbonyl (C=O) groups is 1. The molecule has 3 N–H and O–H groups in total. The van der Waals surface area contributed by atoms with Gasteiger partial charge in [0.15, 0.2) is 0 Å². The highest BCUT2D eigenvalue weighted by atomic mass is 19.1. The Labute approximate surface area is 193 Å². The van der Waals surface area contributed by atoms with E-state index in [-0.39, 0.29) is 24.7 Å². The molecule has 33 heavy (non-hydrogen) atoms. The normalized spacial score (nSPS) is 21.9. The number of rotatable bonds is 8. The molecule has 2 aromatic heterocycles. The molecule has 178 valence electrons. The third-order valence-electron chi connectivity index (χ3n) is 6.30. The van der Waals surface area contributed by atoms with Gasteiger partial charge >= 0.3 is 6.03 Å². The molecule has 9 nitrogen and oxygen atoms in total. The topological polar surface area (TPSA) is 107 Å². The minimum atomic E-state index is -0.967. The van der Waals surface area contributed by atoms with Crippen molar-refractivity contribution in [2.45, 2.75) is 57.3 Å². The van der Waals surface area contributed by atoms with E-state index in [4.69, 9.17) is 0 Å². The van der Waals surface area contributed by atoms with Crippen LogP contribution < -0.4 is 15.5 Å². The standard InChI is InChI=1S/C23H32FN7O2/c1-3-15(24)12-26-22-27-14-19(21(29-22)28-16-4-7-18(32)8-5-16)20-9-6-17(13-25-20)31-11-10-30(2)23(31)33/h6,9,13-16,18,32H,3-5,7-8,10-12H2,1-2H3,(H2,26,27,28,29)/t15-,16?,18?/m0/s1. The smallest absolute Gasteiger partial charge is 0.324 e. The number of pyridine rings is 1. The second-order valence-corrected chi connectivity index (χ2v) is 8.75. The molecule has 1 aliphatic carbocycles. The lowest BCUT2D eigenvalue weighted by Crippen LogP contribution is -2.29. The summed E-state index contributed by atoms with van der Waals surface area (Å²) in [5.74, 6) is 0.980. The molecule has 3 heterocycles. The van der Waals surface area contributed by atoms with Gasteiger partial charge < -0.3 is 20.6 Å². The molecule has 10 heteroatoms. The first kappa shape index (κ1) is 23.2. The lowest BCUT2D eigenvalue weighted by Gasteiger charge is -2.27. The van der Waals surface area contributed by atoms with Crippen molar-refractivity contribution in [1.29, 1.82) is 0 Å². The van der Waals surface area contributed by atoms with Crippen molar-refractivity contribution in [1.82, 2.24) is 19.9 Å². The summed E-state index contributed by atoms with van der Waals surface area (Å²) in [5, 5.41) is 16.3. The second kappa shape index (κ2) is 10.3. The first-order valence-electron chi connectivity index (χ1n) is 11.6. The number of halogens is 1. The summed E-state index contributed by atoms with van der Waals surface area (Å²) in [7, 11) is 1.78. The van der Waals surface area contributed by atoms with E-state index in [2.05, 4.69) is 25.6 Å². The molecule has 0 spiro atoms. The van der Waals surface area contributed by atoms with Crippen LogP contribution in [0.3, 0.4) is 0 Å². The Morgan fingerprint density at radius 2 is 1.97 bits per heavy atom. The second-order valence-electron chi connectivity index (χ2n) is 8.75. The number of aliphatic hydroxyl groups is 1. The summed E-state index contributed by atoms with van der Waals surface area (Å²) in [5.41, 5.74) is 2.16. The lowest BCUT2D eigenvalue weighted by atomic mass is 9.93. The van der Waals surface area contributed by atoms with Gasteiger partial charge in [0.1, 0.15) is 12.0 Å². The Kier molecular flexibility index (Phi) is 7.22. The molecule has 1 atom stereocenters. The fourth-order valence-corrected chi connectivity index (χ4v) is 4.12. The number of nitrogens with one attached hydrogen (secondary N) is 2. The summed E-state index contributed by atoms with van der Waals surface area (Å²) < 4.78 is 13.7. The Morgan fingerprint density at radius 3 is 2.61 bits per heavy atom. The first-order chi connectivity index (χ1) is 15.9. The van der Waals surface area contributed by atoms with Crippen molar-refractivity contribution < 1.29 is 14.3 Å². The van der Waals surface area contributed by atoms with E-state index in [1.54, 1.807) is 36.2 Å². The van der Waals surface area contributed by atoms with Crippen molar-refractivity contribution >= 4 is 23.5 Å². The molecule has 0 aromatic carbocycles. The average molecular weight is 458 g/mol. The Bertz CT molecular complexity index is 950. The molecule has 1 saturated heterocycles. The van der Waals surface area contributed by atoms with Crippen LogP contribution in [0.5, 0.6) is 0 Å². The highest BCUT2D eigenvalue weighted by Crippen LogP contribution is 2.30. The van der Waals surface area contributed by atoms with Gasteiger partial charge in [-0.05, 0) is 44.2 Å². The average Bonchev–Trinajstić information content (AvgIpc) is 3.17. The predicted octanol–water partition coefficient (Wildman–Crippen LogP) is 3.29. The van der Waals surface area contributed by atoms with Crippen molar-refractivity contribution in [2.24, 2.45) is 0 Å². The largest absolute Gasteiger partial charge is 0.393 e. The van der Waals surface area contributed by atoms with Crippen LogP contribution in [0.4, 0.5) is 26.6 Å². The number of nitrogens with zero attached hydrogens (tertiary/aromatic N) is 5. The number of carbonyl (C=O) groups excluding carboxylic acids is 1. The zero-order valence-electron chi connectivity index (χ0n) is 19.2. The summed E-state index contributed by atoms with van der Waals surface area (Å²) in [4.78, 5) is 29.2. The van der Waals surface area contributed by atoms with Gasteiger partial charge in [0.2, 0.25) is 5.95 Å². The molecular formula is C23H32FN7O2. The predicted molar refractivity (Wildman–Crippen MR) is 126 cm³/mol. The van der Waals surface area contributed by atoms with Gasteiger partial charge in [-0.2, -0.15) is 4.98 Å². The van der Waals surface area contributed by atoms with Gasteiger partial charge in [-0.3, -0.25) is 9.88 Å². The molecule has 0 unspecified atom stereocenters. The van der Waals surface area contributed by atoms with Crippen LogP contribution in [0, 0.1) is 0 Å². The van der Waals surface area contributed by atoms with Gasteiger partial charge in [-0.1, -0.05) is 6.92 Å². The molecule has 2 aliphatic rings. The van der Waals surface area contributed by atoms with Crippen LogP contribution >= 0.6 is 0 Å². The fraction of sp³-hybridized carbons (Fsp3) is 0.565. The molecule has 2 amide bonds. The molecule has 1 aliphatic heterocycles. The van der Waals surface area contributed by atoms with Crippen molar-refractivity contribution in [3.05, 3.63) is 24.5 Å². The summed E-state index contributed by atoms with van der Waals surface area (Å²) in [6.07, 6.45) is 5.75. The maximum absolute atomic E-state index is 13.7. The van der Waals surface area contributed by atoms with E-state index >= 15 is 0 Å². The van der Waals surface area contributed by atoms with Crippen molar-refractivity contribution in [3.63, 3.8) is 0 Å². The number of likely N-dealkylation sites (N-methyl/N-ethyl adjacent to an activating group) is 1. The van der Waals surface area contributed by atoms with Gasteiger partial charge in [0, 0.05) is 38.9 Å². The molecule has 2 fully saturated rings. The SMILES string of the molecule is CC[C@H](F)CNc1ncc(-c2ccc(N3CCN(C)C3=O)cn2)c(NC2CCC(O)CC2)n1. The zero-order chi connectivity index (χ0) is 23.4. The third kappa shape index (κ3) is 5.50. The number of aliphatic hydroxyl groups excluding tert-OH is 1. The summed E-state index contributed by atoms with van der Waals surface area (Å²) in [6, 6.07) is 3.87. The maximum atomic E-state index is 13.7. The highest BCUT2D eigenvalue weighted by Gasteiger charge is 2.27. The third-order valence-corrected chi connectivity index (χ3v) is 6.30. The van der Waals surface area contributed by atoms with Crippen LogP contribution in [0.25, 0.3) is 11.3 Å². The molecule has 0 radical (unpaired) electrons. The molecule has 0 bridgehead atoms. The van der Waals surface area contributed by atoms with Crippen LogP contribution in [0.2, 0.25) is 0 Å². The fourth-order valence-electron chi connectivity index (χ4n) is 4.12. The summed E-state index contributed by atoms with van der Waals surface area (Å²) in [6.45, 7) is 3.26. The Morgan fingerprint density at radius 1 is 1.18 bits per heavy atom. The monoisotopic (exact) mass is 457 g/mol. The van der Waals surface area contributed by atoms with E-state index in [0.717, 1.165) is 36.9 Å². The molecule has 2 aromatic rings. The lowest BCUT2D eigenvalue weighted by molar-refractivity contribution is 0.126. The number of anilines is 3. The number of alkyl halides is 1. The van der Waals surface area contributed by atoms with Crippen molar-refractivity contribution in [2.75, 3.05) is 42.2 Å². The van der Waals surface area contributed by atoms with E-state index in [0.29, 0.717) is 37.0 Å². The number of amides is 2. The van der Waals surface area contributed by atoms with E-state index in [1.807, 2.05) is 12.1 Å². The van der Waals surface area contributed by atoms with Crippen LogP contribution in [0.1, 0.15) is 39.0 Å². The van der Waals surface area contributed by atoms with Crippen molar-refractivity contribution in [3.8, 4) is 11.3 Å². The highest BCUT2D eigenvalue weighted by molar-refractivity contribution is 5.94. The number of urea groups is 1.